The van der Waals surface area contributed by atoms with Crippen molar-refractivity contribution in [1.82, 2.24) is 4.90 Å². The number of rotatable bonds is 6. The minimum absolute atomic E-state index is 0.0192. The summed E-state index contributed by atoms with van der Waals surface area (Å²) in [6, 6.07) is 5.28. The van der Waals surface area contributed by atoms with Crippen LogP contribution in [0.15, 0.2) is 18.2 Å². The highest BCUT2D eigenvalue weighted by molar-refractivity contribution is 5.31. The minimum Gasteiger partial charge on any atom is -0.494 e. The van der Waals surface area contributed by atoms with Crippen LogP contribution in [0.1, 0.15) is 31.9 Å². The highest BCUT2D eigenvalue weighted by Gasteiger charge is 2.25. The lowest BCUT2D eigenvalue weighted by Crippen LogP contribution is -2.31. The van der Waals surface area contributed by atoms with Crippen molar-refractivity contribution in [2.75, 3.05) is 27.7 Å². The summed E-state index contributed by atoms with van der Waals surface area (Å²) in [4.78, 5) is 2.10. The van der Waals surface area contributed by atoms with Crippen molar-refractivity contribution in [3.63, 3.8) is 0 Å². The smallest absolute Gasteiger partial charge is 0.165 e. The van der Waals surface area contributed by atoms with E-state index in [1.54, 1.807) is 12.1 Å². The normalized spacial score (nSPS) is 13.7. The van der Waals surface area contributed by atoms with Crippen LogP contribution in [-0.4, -0.2) is 32.6 Å². The van der Waals surface area contributed by atoms with E-state index < -0.39 is 0 Å². The Balaban J connectivity index is 3.03. The van der Waals surface area contributed by atoms with Crippen LogP contribution in [-0.2, 0) is 0 Å². The molecular weight excluding hydrogens is 243 g/mol. The maximum absolute atomic E-state index is 13.8. The molecule has 0 aromatic heterocycles. The van der Waals surface area contributed by atoms with E-state index in [2.05, 4.69) is 18.7 Å². The van der Waals surface area contributed by atoms with Gasteiger partial charge in [-0.25, -0.2) is 4.39 Å². The number of benzene rings is 1. The van der Waals surface area contributed by atoms with Crippen LogP contribution in [0.2, 0.25) is 0 Å². The van der Waals surface area contributed by atoms with E-state index in [1.165, 1.54) is 7.11 Å². The monoisotopic (exact) mass is 268 g/mol. The first kappa shape index (κ1) is 15.9. The zero-order chi connectivity index (χ0) is 14.6. The molecule has 1 aromatic rings. The maximum Gasteiger partial charge on any atom is 0.165 e. The predicted molar refractivity (Wildman–Crippen MR) is 76.8 cm³/mol. The Bertz CT molecular complexity index is 419. The van der Waals surface area contributed by atoms with Gasteiger partial charge in [-0.05, 0) is 50.2 Å². The van der Waals surface area contributed by atoms with E-state index in [0.717, 1.165) is 12.0 Å². The molecule has 3 nitrogen and oxygen atoms in total. The van der Waals surface area contributed by atoms with Crippen molar-refractivity contribution in [2.24, 2.45) is 11.1 Å². The fraction of sp³-hybridized carbons (Fsp3) is 0.600. The Morgan fingerprint density at radius 3 is 2.42 bits per heavy atom. The standard InChI is InChI=1S/C15H25FN2O/c1-15(2,10-17)9-13(18(3)4)11-6-7-14(19-5)12(16)8-11/h6-8,13H,9-10,17H2,1-5H3. The molecule has 0 saturated carbocycles. The maximum atomic E-state index is 13.8. The third kappa shape index (κ3) is 4.18. The van der Waals surface area contributed by atoms with E-state index >= 15 is 0 Å². The zero-order valence-electron chi connectivity index (χ0n) is 12.5. The molecule has 4 heteroatoms. The molecular formula is C15H25FN2O. The van der Waals surface area contributed by atoms with Gasteiger partial charge in [0.2, 0.25) is 0 Å². The molecule has 1 aromatic carbocycles. The molecule has 1 rings (SSSR count). The van der Waals surface area contributed by atoms with Gasteiger partial charge in [0, 0.05) is 6.04 Å². The van der Waals surface area contributed by atoms with Crippen LogP contribution in [0.4, 0.5) is 4.39 Å². The van der Waals surface area contributed by atoms with E-state index in [9.17, 15) is 4.39 Å². The topological polar surface area (TPSA) is 38.5 Å². The van der Waals surface area contributed by atoms with Crippen LogP contribution >= 0.6 is 0 Å². The third-order valence-corrected chi connectivity index (χ3v) is 3.48. The molecule has 0 aliphatic heterocycles. The number of ether oxygens (including phenoxy) is 1. The Morgan fingerprint density at radius 2 is 2.00 bits per heavy atom. The molecule has 0 saturated heterocycles. The van der Waals surface area contributed by atoms with Crippen LogP contribution in [0.5, 0.6) is 5.75 Å². The average molecular weight is 268 g/mol. The molecule has 1 atom stereocenters. The second kappa shape index (κ2) is 6.35. The van der Waals surface area contributed by atoms with Gasteiger partial charge in [0.25, 0.3) is 0 Å². The Kier molecular flexibility index (Phi) is 5.32. The molecule has 19 heavy (non-hydrogen) atoms. The van der Waals surface area contributed by atoms with E-state index in [-0.39, 0.29) is 23.0 Å². The molecule has 0 amide bonds. The SMILES string of the molecule is COc1ccc(C(CC(C)(C)CN)N(C)C)cc1F. The zero-order valence-corrected chi connectivity index (χ0v) is 12.5. The van der Waals surface area contributed by atoms with Gasteiger partial charge in [-0.1, -0.05) is 19.9 Å². The van der Waals surface area contributed by atoms with Crippen LogP contribution < -0.4 is 10.5 Å². The van der Waals surface area contributed by atoms with Crippen molar-refractivity contribution in [2.45, 2.75) is 26.3 Å². The lowest BCUT2D eigenvalue weighted by Gasteiger charge is -2.33. The molecule has 0 radical (unpaired) electrons. The van der Waals surface area contributed by atoms with Gasteiger partial charge in [0.05, 0.1) is 7.11 Å². The fourth-order valence-corrected chi connectivity index (χ4v) is 2.10. The fourth-order valence-electron chi connectivity index (χ4n) is 2.10. The van der Waals surface area contributed by atoms with Crippen LogP contribution in [0.3, 0.4) is 0 Å². The lowest BCUT2D eigenvalue weighted by molar-refractivity contribution is 0.202. The van der Waals surface area contributed by atoms with Gasteiger partial charge >= 0.3 is 0 Å². The summed E-state index contributed by atoms with van der Waals surface area (Å²) >= 11 is 0. The number of halogens is 1. The van der Waals surface area contributed by atoms with Gasteiger partial charge in [0.15, 0.2) is 11.6 Å². The van der Waals surface area contributed by atoms with Crippen molar-refractivity contribution in [3.8, 4) is 5.75 Å². The first-order valence-electron chi connectivity index (χ1n) is 6.50. The molecule has 2 N–H and O–H groups in total. The predicted octanol–water partition coefficient (Wildman–Crippen LogP) is 2.81. The average Bonchev–Trinajstić information content (AvgIpc) is 2.35. The third-order valence-electron chi connectivity index (χ3n) is 3.48. The summed E-state index contributed by atoms with van der Waals surface area (Å²) in [5.41, 5.74) is 6.76. The minimum atomic E-state index is -0.322. The van der Waals surface area contributed by atoms with Crippen molar-refractivity contribution in [3.05, 3.63) is 29.6 Å². The summed E-state index contributed by atoms with van der Waals surface area (Å²) in [5, 5.41) is 0. The number of nitrogens with two attached hydrogens (primary N) is 1. The molecule has 0 aliphatic carbocycles. The summed E-state index contributed by atoms with van der Waals surface area (Å²) in [7, 11) is 5.47. The van der Waals surface area contributed by atoms with Crippen molar-refractivity contribution >= 4 is 0 Å². The van der Waals surface area contributed by atoms with Gasteiger partial charge < -0.3 is 15.4 Å². The van der Waals surface area contributed by atoms with Gasteiger partial charge in [-0.2, -0.15) is 0 Å². The second-order valence-corrected chi connectivity index (χ2v) is 5.95. The number of hydrogen-bond acceptors (Lipinski definition) is 3. The lowest BCUT2D eigenvalue weighted by atomic mass is 9.83. The summed E-state index contributed by atoms with van der Waals surface area (Å²) < 4.78 is 18.8. The second-order valence-electron chi connectivity index (χ2n) is 5.95. The Morgan fingerprint density at radius 1 is 1.37 bits per heavy atom. The largest absolute Gasteiger partial charge is 0.494 e. The summed E-state index contributed by atoms with van der Waals surface area (Å²) in [5.74, 6) is -0.0447. The molecule has 1 unspecified atom stereocenters. The van der Waals surface area contributed by atoms with Gasteiger partial charge in [-0.15, -0.1) is 0 Å². The highest BCUT2D eigenvalue weighted by Crippen LogP contribution is 2.33. The highest BCUT2D eigenvalue weighted by atomic mass is 19.1. The molecule has 0 bridgehead atoms. The van der Waals surface area contributed by atoms with Crippen LogP contribution in [0, 0.1) is 11.2 Å². The first-order valence-corrected chi connectivity index (χ1v) is 6.50. The molecule has 0 spiro atoms. The molecule has 0 heterocycles. The molecule has 108 valence electrons. The molecule has 0 fully saturated rings. The Hall–Kier alpha value is -1.13. The molecule has 0 aliphatic rings. The summed E-state index contributed by atoms with van der Waals surface area (Å²) in [6.07, 6.45) is 0.877. The number of nitrogens with zero attached hydrogens (tertiary/aromatic N) is 1. The van der Waals surface area contributed by atoms with Gasteiger partial charge in [0.1, 0.15) is 0 Å². The Labute approximate surface area is 115 Å². The van der Waals surface area contributed by atoms with E-state index in [0.29, 0.717) is 6.54 Å². The number of hydrogen-bond donors (Lipinski definition) is 1. The van der Waals surface area contributed by atoms with Gasteiger partial charge in [-0.3, -0.25) is 0 Å². The summed E-state index contributed by atoms with van der Waals surface area (Å²) in [6.45, 7) is 4.86. The van der Waals surface area contributed by atoms with Crippen LogP contribution in [0.25, 0.3) is 0 Å². The van der Waals surface area contributed by atoms with E-state index in [1.807, 2.05) is 20.2 Å². The van der Waals surface area contributed by atoms with E-state index in [4.69, 9.17) is 10.5 Å². The van der Waals surface area contributed by atoms with Crippen molar-refractivity contribution in [1.29, 1.82) is 0 Å². The first-order chi connectivity index (χ1) is 8.80. The number of methoxy groups -OCH3 is 1. The van der Waals surface area contributed by atoms with Crippen molar-refractivity contribution < 1.29 is 9.13 Å². The quantitative estimate of drug-likeness (QED) is 0.862.